The minimum Gasteiger partial charge on any atom is -0.444 e. The van der Waals surface area contributed by atoms with Gasteiger partial charge in [0.2, 0.25) is 5.89 Å². The van der Waals surface area contributed by atoms with E-state index in [2.05, 4.69) is 36.2 Å². The zero-order chi connectivity index (χ0) is 25.2. The second kappa shape index (κ2) is 10.1. The summed E-state index contributed by atoms with van der Waals surface area (Å²) < 4.78 is 7.58. The van der Waals surface area contributed by atoms with Crippen molar-refractivity contribution in [1.82, 2.24) is 24.6 Å². The van der Waals surface area contributed by atoms with Gasteiger partial charge in [0.05, 0.1) is 35.7 Å². The Balaban J connectivity index is 1.45. The third-order valence-electron chi connectivity index (χ3n) is 6.45. The van der Waals surface area contributed by atoms with Gasteiger partial charge in [-0.1, -0.05) is 0 Å². The molecule has 1 aliphatic rings. The van der Waals surface area contributed by atoms with E-state index in [1.807, 2.05) is 44.0 Å². The number of benzene rings is 1. The van der Waals surface area contributed by atoms with Crippen LogP contribution in [-0.2, 0) is 6.54 Å². The topological polar surface area (TPSA) is 113 Å². The number of aliphatic hydroxyl groups is 1. The summed E-state index contributed by atoms with van der Waals surface area (Å²) in [6.07, 6.45) is 5.95. The number of oxazole rings is 1. The number of fused-ring (bicyclic) bond motifs is 1. The zero-order valence-corrected chi connectivity index (χ0v) is 20.8. The van der Waals surface area contributed by atoms with Gasteiger partial charge in [-0.25, -0.2) is 4.98 Å². The fraction of sp³-hybridized carbons (Fsp3) is 0.385. The van der Waals surface area contributed by atoms with Crippen molar-refractivity contribution in [2.45, 2.75) is 32.4 Å². The van der Waals surface area contributed by atoms with Crippen molar-refractivity contribution >= 4 is 28.2 Å². The number of aromatic nitrogens is 4. The van der Waals surface area contributed by atoms with Gasteiger partial charge < -0.3 is 24.6 Å². The number of anilines is 2. The molecule has 10 nitrogen and oxygen atoms in total. The third-order valence-corrected chi connectivity index (χ3v) is 6.45. The van der Waals surface area contributed by atoms with Crippen LogP contribution in [0.3, 0.4) is 0 Å². The number of aliphatic hydroxyl groups excluding tert-OH is 1. The number of amides is 1. The number of nitrogens with zero attached hydrogens (tertiary/aromatic N) is 6. The van der Waals surface area contributed by atoms with Gasteiger partial charge in [0.1, 0.15) is 6.26 Å². The van der Waals surface area contributed by atoms with Gasteiger partial charge in [-0.2, -0.15) is 5.10 Å². The quantitative estimate of drug-likeness (QED) is 0.407. The summed E-state index contributed by atoms with van der Waals surface area (Å²) in [5, 5.41) is 18.6. The van der Waals surface area contributed by atoms with Gasteiger partial charge in [-0.3, -0.25) is 14.5 Å². The Labute approximate surface area is 209 Å². The minimum atomic E-state index is -0.353. The maximum absolute atomic E-state index is 13.2. The first-order chi connectivity index (χ1) is 17.4. The maximum Gasteiger partial charge on any atom is 0.277 e. The third kappa shape index (κ3) is 5.09. The van der Waals surface area contributed by atoms with Gasteiger partial charge in [-0.05, 0) is 58.1 Å². The molecule has 0 atom stereocenters. The van der Waals surface area contributed by atoms with Crippen molar-refractivity contribution in [2.75, 3.05) is 43.9 Å². The molecule has 1 aliphatic heterocycles. The molecule has 0 unspecified atom stereocenters. The fourth-order valence-electron chi connectivity index (χ4n) is 4.43. The highest BCUT2D eigenvalue weighted by Gasteiger charge is 2.23. The van der Waals surface area contributed by atoms with Crippen LogP contribution in [0.25, 0.3) is 22.4 Å². The standard InChI is InChI=1S/C26H31N7O3/c1-17-12-18(4-7-27-17)26-30-22(16-36-26)25(35)29-21-13-19-15-28-33(11-10-31(2)3)23(19)14-24(21)32-8-5-20(34)6-9-32/h4,7,12-16,20,34H,5-6,8-11H2,1-3H3,(H,29,35). The summed E-state index contributed by atoms with van der Waals surface area (Å²) in [5.74, 6) is 0.0157. The average Bonchev–Trinajstić information content (AvgIpc) is 3.50. The Morgan fingerprint density at radius 2 is 2.06 bits per heavy atom. The lowest BCUT2D eigenvalue weighted by atomic mass is 10.1. The smallest absolute Gasteiger partial charge is 0.277 e. The van der Waals surface area contributed by atoms with Crippen molar-refractivity contribution in [3.63, 3.8) is 0 Å². The largest absolute Gasteiger partial charge is 0.444 e. The van der Waals surface area contributed by atoms with Gasteiger partial charge in [0, 0.05) is 42.5 Å². The number of rotatable bonds is 7. The van der Waals surface area contributed by atoms with Crippen molar-refractivity contribution in [1.29, 1.82) is 0 Å². The molecule has 1 amide bonds. The Morgan fingerprint density at radius 1 is 1.25 bits per heavy atom. The molecule has 0 spiro atoms. The van der Waals surface area contributed by atoms with E-state index >= 15 is 0 Å². The first-order valence-electron chi connectivity index (χ1n) is 12.1. The summed E-state index contributed by atoms with van der Waals surface area (Å²) in [5.41, 5.74) is 4.39. The van der Waals surface area contributed by atoms with E-state index in [9.17, 15) is 9.90 Å². The molecule has 3 aromatic heterocycles. The summed E-state index contributed by atoms with van der Waals surface area (Å²) >= 11 is 0. The number of carbonyl (C=O) groups is 1. The lowest BCUT2D eigenvalue weighted by Gasteiger charge is -2.33. The Kier molecular flexibility index (Phi) is 6.71. The van der Waals surface area contributed by atoms with Crippen LogP contribution >= 0.6 is 0 Å². The predicted octanol–water partition coefficient (Wildman–Crippen LogP) is 3.17. The number of hydrogen-bond donors (Lipinski definition) is 2. The van der Waals surface area contributed by atoms with Crippen LogP contribution in [0.2, 0.25) is 0 Å². The first-order valence-corrected chi connectivity index (χ1v) is 12.1. The molecule has 2 N–H and O–H groups in total. The second-order valence-corrected chi connectivity index (χ2v) is 9.50. The lowest BCUT2D eigenvalue weighted by molar-refractivity contribution is 0.102. The SMILES string of the molecule is Cc1cc(-c2nc(C(=O)Nc3cc4cnn(CCN(C)C)c4cc3N3CCC(O)CC3)co2)ccn1. The van der Waals surface area contributed by atoms with Gasteiger partial charge in [-0.15, -0.1) is 0 Å². The van der Waals surface area contributed by atoms with Crippen LogP contribution in [0, 0.1) is 6.92 Å². The van der Waals surface area contributed by atoms with E-state index in [0.717, 1.165) is 40.9 Å². The number of likely N-dealkylation sites (N-methyl/N-ethyl adjacent to an activating group) is 1. The molecule has 5 rings (SSSR count). The number of hydrogen-bond acceptors (Lipinski definition) is 8. The highest BCUT2D eigenvalue weighted by atomic mass is 16.3. The lowest BCUT2D eigenvalue weighted by Crippen LogP contribution is -2.36. The molecular weight excluding hydrogens is 458 g/mol. The van der Waals surface area contributed by atoms with E-state index < -0.39 is 0 Å². The van der Waals surface area contributed by atoms with Crippen LogP contribution in [0.15, 0.2) is 47.3 Å². The molecule has 1 saturated heterocycles. The van der Waals surface area contributed by atoms with Crippen molar-refractivity contribution in [3.05, 3.63) is 54.3 Å². The number of aryl methyl sites for hydroxylation is 1. The molecule has 0 radical (unpaired) electrons. The van der Waals surface area contributed by atoms with Crippen molar-refractivity contribution in [3.8, 4) is 11.5 Å². The first kappa shape index (κ1) is 24.0. The molecule has 0 saturated carbocycles. The highest BCUT2D eigenvalue weighted by Crippen LogP contribution is 2.34. The highest BCUT2D eigenvalue weighted by molar-refractivity contribution is 6.06. The van der Waals surface area contributed by atoms with Crippen LogP contribution in [0.4, 0.5) is 11.4 Å². The Bertz CT molecular complexity index is 1370. The summed E-state index contributed by atoms with van der Waals surface area (Å²) in [6, 6.07) is 7.70. The van der Waals surface area contributed by atoms with Gasteiger partial charge >= 0.3 is 0 Å². The monoisotopic (exact) mass is 489 g/mol. The van der Waals surface area contributed by atoms with Crippen LogP contribution in [0.5, 0.6) is 0 Å². The number of piperidine rings is 1. The van der Waals surface area contributed by atoms with Crippen molar-refractivity contribution in [2.24, 2.45) is 0 Å². The van der Waals surface area contributed by atoms with E-state index in [4.69, 9.17) is 4.42 Å². The molecular formula is C26H31N7O3. The van der Waals surface area contributed by atoms with Gasteiger partial charge in [0.15, 0.2) is 5.69 Å². The van der Waals surface area contributed by atoms with Crippen LogP contribution in [-0.4, -0.2) is 75.5 Å². The Morgan fingerprint density at radius 3 is 2.81 bits per heavy atom. The van der Waals surface area contributed by atoms with Crippen molar-refractivity contribution < 1.29 is 14.3 Å². The van der Waals surface area contributed by atoms with E-state index in [1.165, 1.54) is 6.26 Å². The summed E-state index contributed by atoms with van der Waals surface area (Å²) in [7, 11) is 4.07. The summed E-state index contributed by atoms with van der Waals surface area (Å²) in [6.45, 7) is 4.93. The fourth-order valence-corrected chi connectivity index (χ4v) is 4.43. The zero-order valence-electron chi connectivity index (χ0n) is 20.8. The molecule has 188 valence electrons. The van der Waals surface area contributed by atoms with Crippen LogP contribution in [0.1, 0.15) is 29.0 Å². The average molecular weight is 490 g/mol. The van der Waals surface area contributed by atoms with E-state index in [1.54, 1.807) is 12.3 Å². The molecule has 4 heterocycles. The maximum atomic E-state index is 13.2. The molecule has 10 heteroatoms. The predicted molar refractivity (Wildman–Crippen MR) is 138 cm³/mol. The Hall–Kier alpha value is -3.76. The molecule has 0 bridgehead atoms. The molecule has 1 aromatic carbocycles. The number of nitrogens with one attached hydrogen (secondary N) is 1. The van der Waals surface area contributed by atoms with E-state index in [-0.39, 0.29) is 17.7 Å². The second-order valence-electron chi connectivity index (χ2n) is 9.50. The normalized spacial score (nSPS) is 14.6. The molecule has 36 heavy (non-hydrogen) atoms. The molecule has 0 aliphatic carbocycles. The summed E-state index contributed by atoms with van der Waals surface area (Å²) in [4.78, 5) is 26.1. The van der Waals surface area contributed by atoms with E-state index in [0.29, 0.717) is 37.5 Å². The molecule has 1 fully saturated rings. The van der Waals surface area contributed by atoms with Gasteiger partial charge in [0.25, 0.3) is 5.91 Å². The molecule has 4 aromatic rings. The van der Waals surface area contributed by atoms with Crippen LogP contribution < -0.4 is 10.2 Å². The number of carbonyl (C=O) groups excluding carboxylic acids is 1. The number of pyridine rings is 1. The minimum absolute atomic E-state index is 0.196.